The van der Waals surface area contributed by atoms with E-state index in [9.17, 15) is 50.4 Å². The van der Waals surface area contributed by atoms with E-state index in [1.807, 2.05) is 82.0 Å². The Balaban J connectivity index is 0.000000120. The number of nitrogens with one attached hydrogen (secondary N) is 1. The number of halogens is 3. The SMILES string of the molecule is CC(=O)[C@@H]1CCCN1C(=O)Cc1nc(C)c(-c2csc(C(C)(C)C)n2)s1.CC(C)n1nccc1-c1cn2c(n1)-c1ccc(O[C@@H](C)C(N)=O)cc1OCC2.CS(=O)(=O)N1CCN(Cc2cc3nc(-c4cccc5c4C=NC5)nc(N4CCOCC4)c3s2)CC1.NC(=O)[C@@H]1CCCN1c1cc2c(cn1)-c1nc(-c3ccnn3CC(F)(F)F)cn1CCO2.O=C1NC(=O)/C(=C/c2ccc3nccc(-c4ccncc4)c3c2)S1. The van der Waals surface area contributed by atoms with Gasteiger partial charge in [0.2, 0.25) is 21.8 Å². The van der Waals surface area contributed by atoms with Crippen LogP contribution in [-0.4, -0.2) is 246 Å². The number of imidazole rings is 2. The molecule has 3 atom stereocenters. The third-order valence-electron chi connectivity index (χ3n) is 25.4. The van der Waals surface area contributed by atoms with Crippen molar-refractivity contribution in [2.75, 3.05) is 94.8 Å². The van der Waals surface area contributed by atoms with Gasteiger partial charge in [0.1, 0.15) is 76.9 Å². The molecular formula is C101H107F3N24O12S5. The summed E-state index contributed by atoms with van der Waals surface area (Å²) in [4.78, 5) is 128. The Bertz CT molecular complexity index is 7420. The number of sulfonamides is 1. The number of ketones is 1. The number of anilines is 2. The van der Waals surface area contributed by atoms with Crippen LogP contribution in [0.1, 0.15) is 117 Å². The maximum absolute atomic E-state index is 12.9. The van der Waals surface area contributed by atoms with Crippen molar-refractivity contribution >= 4 is 135 Å². The predicted octanol–water partition coefficient (Wildman–Crippen LogP) is 14.7. The number of hydrogen-bond donors (Lipinski definition) is 3. The summed E-state index contributed by atoms with van der Waals surface area (Å²) in [5.74, 6) is 4.21. The first kappa shape index (κ1) is 101. The quantitative estimate of drug-likeness (QED) is 0.0597. The Morgan fingerprint density at radius 2 is 1.41 bits per heavy atom. The average molecular weight is 2070 g/mol. The lowest BCUT2D eigenvalue weighted by Gasteiger charge is -2.32. The fourth-order valence-corrected chi connectivity index (χ4v) is 22.9. The number of pyridine rings is 3. The zero-order valence-corrected chi connectivity index (χ0v) is 85.2. The molecule has 0 aliphatic carbocycles. The van der Waals surface area contributed by atoms with Crippen LogP contribution in [0.25, 0.3) is 106 Å². The number of aromatic nitrogens is 15. The van der Waals surface area contributed by atoms with Crippen molar-refractivity contribution in [1.29, 1.82) is 0 Å². The summed E-state index contributed by atoms with van der Waals surface area (Å²) in [6, 6.07) is 30.3. The van der Waals surface area contributed by atoms with Gasteiger partial charge in [0, 0.05) is 165 Å². The maximum Gasteiger partial charge on any atom is 0.408 e. The lowest BCUT2D eigenvalue weighted by Crippen LogP contribution is -2.47. The highest BCUT2D eigenvalue weighted by atomic mass is 32.2. The number of carbonyl (C=O) groups is 6. The highest BCUT2D eigenvalue weighted by Gasteiger charge is 2.37. The number of hydrogen-bond acceptors (Lipinski definition) is 31. The van der Waals surface area contributed by atoms with Gasteiger partial charge in [-0.05, 0) is 161 Å². The van der Waals surface area contributed by atoms with Crippen LogP contribution >= 0.6 is 45.8 Å². The second kappa shape index (κ2) is 43.2. The van der Waals surface area contributed by atoms with Crippen LogP contribution in [0.3, 0.4) is 0 Å². The van der Waals surface area contributed by atoms with Crippen LogP contribution in [0, 0.1) is 6.92 Å². The Morgan fingerprint density at radius 3 is 2.11 bits per heavy atom. The van der Waals surface area contributed by atoms with Crippen LogP contribution in [-0.2, 0) is 83.3 Å². The van der Waals surface area contributed by atoms with Crippen molar-refractivity contribution in [3.8, 4) is 95.9 Å². The van der Waals surface area contributed by atoms with E-state index in [0.29, 0.717) is 124 Å². The van der Waals surface area contributed by atoms with Crippen molar-refractivity contribution < 1.29 is 69.3 Å². The molecule has 0 unspecified atom stereocenters. The summed E-state index contributed by atoms with van der Waals surface area (Å²) < 4.78 is 94.8. The standard InChI is InChI=1S/C24H28N6O3S2.C20H20F3N7O2.C20H23N5O3.C19H25N3O2S2.C18H11N3O2S/c1-35(31,32)30-7-5-28(6-8-30)16-18-13-21-22(34-18)24(29-9-11-33-12-10-29)27-23(26-21)19-4-2-3-17-14-25-15-20(17)19;21-20(22,23)11-30-14(3-4-26-30)13-10-28-6-7-32-16-8-17(25-9-12(16)19(28)27-13)29-5-1-2-15(29)18(24)31;1-12(2)25-17(6-7-22-25)16-11-24-8-9-27-18-10-14(28-13(3)19(21)26)4-5-15(18)20(24)23-16;1-11-17(13-10-25-18(21-13)19(3,4)5)26-15(20-11)9-16(24)22-8-6-7-14(22)12(2)23;22-17-16(24-18(23)21-17)10-11-1-2-15-14(9-11)13(5-8-20-15)12-3-6-19-7-4-12/h2-4,13,15H,5-12,14,16H2,1H3;3-4,8-10,15H,1-2,5-7,11H2,(H2,24,31);4-7,10-13H,8-9H2,1-3H3,(H2,21,26);10,14H,6-9H2,1-5H3;1-10H,(H,21,22,23)/b;;;;16-10-/t;15-;13-;14-;/m.000./s1. The van der Waals surface area contributed by atoms with Crippen LogP contribution in [0.2, 0.25) is 0 Å². The Morgan fingerprint density at radius 1 is 0.697 bits per heavy atom. The van der Waals surface area contributed by atoms with Gasteiger partial charge in [-0.3, -0.25) is 63.3 Å². The van der Waals surface area contributed by atoms with E-state index in [-0.39, 0.29) is 52.5 Å². The Labute approximate surface area is 849 Å². The van der Waals surface area contributed by atoms with Crippen molar-refractivity contribution in [1.82, 2.24) is 93.0 Å². The zero-order valence-electron chi connectivity index (χ0n) is 81.1. The summed E-state index contributed by atoms with van der Waals surface area (Å²) in [7, 11) is -3.13. The molecule has 5 saturated heterocycles. The molecule has 754 valence electrons. The minimum Gasteiger partial charge on any atom is -0.491 e. The van der Waals surface area contributed by atoms with Crippen molar-refractivity contribution in [3.05, 3.63) is 194 Å². The van der Waals surface area contributed by atoms with Gasteiger partial charge < -0.3 is 54.2 Å². The molecule has 145 heavy (non-hydrogen) atoms. The normalized spacial score (nSPS) is 17.2. The second-order valence-corrected chi connectivity index (χ2v) is 43.2. The number of aliphatic imine (C=N–C) groups is 1. The van der Waals surface area contributed by atoms with Crippen molar-refractivity contribution in [2.24, 2.45) is 16.5 Å². The van der Waals surface area contributed by atoms with Crippen molar-refractivity contribution in [3.63, 3.8) is 0 Å². The molecule has 19 heterocycles. The van der Waals surface area contributed by atoms with Gasteiger partial charge in [0.25, 0.3) is 17.1 Å². The minimum atomic E-state index is -4.39. The summed E-state index contributed by atoms with van der Waals surface area (Å²) >= 11 is 5.85. The summed E-state index contributed by atoms with van der Waals surface area (Å²) in [6.45, 7) is 24.9. The number of rotatable bonds is 20. The fourth-order valence-electron chi connectivity index (χ4n) is 18.2. The van der Waals surface area contributed by atoms with Crippen LogP contribution in [0.5, 0.6) is 17.2 Å². The number of nitrogens with two attached hydrogens (primary N) is 2. The van der Waals surface area contributed by atoms with Crippen LogP contribution < -0.4 is 40.8 Å². The number of piperazine rings is 1. The molecule has 0 bridgehead atoms. The molecule has 8 aliphatic rings. The largest absolute Gasteiger partial charge is 0.491 e. The van der Waals surface area contributed by atoms with E-state index in [0.717, 1.165) is 178 Å². The number of alkyl halides is 3. The molecule has 0 spiro atoms. The van der Waals surface area contributed by atoms with Crippen molar-refractivity contribution in [2.45, 2.75) is 156 Å². The van der Waals surface area contributed by atoms with Gasteiger partial charge >= 0.3 is 6.18 Å². The smallest absolute Gasteiger partial charge is 0.408 e. The van der Waals surface area contributed by atoms with Gasteiger partial charge in [-0.15, -0.1) is 34.0 Å². The molecule has 44 heteroatoms. The third kappa shape index (κ3) is 23.2. The molecule has 36 nitrogen and oxygen atoms in total. The van der Waals surface area contributed by atoms with Crippen LogP contribution in [0.4, 0.5) is 29.6 Å². The van der Waals surface area contributed by atoms with E-state index in [4.69, 9.17) is 50.4 Å². The topological polar surface area (TPSA) is 428 Å². The van der Waals surface area contributed by atoms with Gasteiger partial charge in [-0.25, -0.2) is 43.3 Å². The highest BCUT2D eigenvalue weighted by Crippen LogP contribution is 2.44. The van der Waals surface area contributed by atoms with E-state index in [1.165, 1.54) is 40.3 Å². The summed E-state index contributed by atoms with van der Waals surface area (Å²) in [6.07, 6.45) is 17.0. The number of aryl methyl sites for hydroxylation is 1. The zero-order chi connectivity index (χ0) is 102. The van der Waals surface area contributed by atoms with Crippen LogP contribution in [0.15, 0.2) is 162 Å². The summed E-state index contributed by atoms with van der Waals surface area (Å²) in [5.41, 5.74) is 24.8. The van der Waals surface area contributed by atoms with Gasteiger partial charge in [0.15, 0.2) is 23.5 Å². The Hall–Kier alpha value is -13.9. The number of amides is 5. The predicted molar refractivity (Wildman–Crippen MR) is 551 cm³/mol. The number of ether oxygens (including phenoxy) is 4. The molecule has 22 rings (SSSR count). The number of thiazole rings is 2. The molecule has 14 aromatic rings. The average Bonchev–Trinajstić information content (AvgIpc) is 1.64. The summed E-state index contributed by atoms with van der Waals surface area (Å²) in [5, 5.41) is 15.0. The molecule has 8 aliphatic heterocycles. The number of fused-ring (bicyclic) bond motifs is 9. The number of nitrogens with zero attached hydrogens (tertiary/aromatic N) is 21. The van der Waals surface area contributed by atoms with Gasteiger partial charge in [0.05, 0.1) is 116 Å². The number of likely N-dealkylation sites (tertiary alicyclic amines) is 1. The number of thioether (sulfide) groups is 1. The monoisotopic (exact) mass is 2060 g/mol. The molecule has 5 fully saturated rings. The Kier molecular flexibility index (Phi) is 30.1. The number of imide groups is 1. The molecular weight excluding hydrogens is 1960 g/mol. The third-order valence-corrected chi connectivity index (χ3v) is 31.1. The number of morpholine rings is 1. The highest BCUT2D eigenvalue weighted by molar-refractivity contribution is 8.18. The minimum absolute atomic E-state index is 0.00309. The first-order valence-electron chi connectivity index (χ1n) is 47.5. The lowest BCUT2D eigenvalue weighted by molar-refractivity contribution is -0.142. The molecule has 5 amide bonds. The maximum atomic E-state index is 12.9. The van der Waals surface area contributed by atoms with Gasteiger partial charge in [-0.1, -0.05) is 45.0 Å². The molecule has 3 aromatic carbocycles. The molecule has 5 N–H and O–H groups in total. The number of carbonyl (C=O) groups excluding carboxylic acids is 6. The number of thiophene rings is 1. The van der Waals surface area contributed by atoms with Gasteiger partial charge in [-0.2, -0.15) is 27.7 Å². The number of benzene rings is 3. The first-order valence-corrected chi connectivity index (χ1v) is 52.6. The lowest BCUT2D eigenvalue weighted by atomic mass is 9.98. The number of Topliss-reactive ketones (excluding diaryl/α,β-unsaturated/α-hetero) is 1. The van der Waals surface area contributed by atoms with E-state index < -0.39 is 46.7 Å². The number of primary amides is 2. The molecule has 11 aromatic heterocycles. The first-order chi connectivity index (χ1) is 69.6. The second-order valence-electron chi connectivity index (χ2n) is 37.1. The fraction of sp³-hybridized carbons (Fsp3) is 0.366. The van der Waals surface area contributed by atoms with E-state index in [1.54, 1.807) is 107 Å². The van der Waals surface area contributed by atoms with E-state index >= 15 is 0 Å². The molecule has 0 radical (unpaired) electrons. The molecule has 0 saturated carbocycles. The van der Waals surface area contributed by atoms with E-state index in [2.05, 4.69) is 124 Å².